The number of methoxy groups -OCH3 is 1. The van der Waals surface area contributed by atoms with Crippen LogP contribution in [0.3, 0.4) is 0 Å². The highest BCUT2D eigenvalue weighted by Gasteiger charge is 2.47. The second kappa shape index (κ2) is 6.76. The van der Waals surface area contributed by atoms with Crippen molar-refractivity contribution in [3.05, 3.63) is 0 Å². The highest BCUT2D eigenvalue weighted by atomic mass is 16.5. The highest BCUT2D eigenvalue weighted by Crippen LogP contribution is 2.45. The summed E-state index contributed by atoms with van der Waals surface area (Å²) in [6.07, 6.45) is 6.69. The summed E-state index contributed by atoms with van der Waals surface area (Å²) in [5, 5.41) is 0. The Bertz CT molecular complexity index is 305. The molecule has 0 spiro atoms. The molecule has 3 heteroatoms. The van der Waals surface area contributed by atoms with Crippen molar-refractivity contribution in [3.8, 4) is 0 Å². The number of hydrogen-bond donors (Lipinski definition) is 1. The average Bonchev–Trinajstić information content (AvgIpc) is 3.25. The topological polar surface area (TPSA) is 38.5 Å². The van der Waals surface area contributed by atoms with Gasteiger partial charge >= 0.3 is 0 Å². The lowest BCUT2D eigenvalue weighted by Crippen LogP contribution is -2.63. The molecule has 0 aromatic rings. The molecule has 2 N–H and O–H groups in total. The van der Waals surface area contributed by atoms with Gasteiger partial charge in [-0.05, 0) is 56.8 Å². The molecule has 0 aromatic heterocycles. The van der Waals surface area contributed by atoms with Crippen LogP contribution in [0, 0.1) is 17.8 Å². The minimum Gasteiger partial charge on any atom is -0.383 e. The van der Waals surface area contributed by atoms with Crippen LogP contribution in [-0.2, 0) is 4.74 Å². The molecular weight excluding hydrogens is 248 g/mol. The van der Waals surface area contributed by atoms with Crippen LogP contribution < -0.4 is 5.73 Å². The van der Waals surface area contributed by atoms with Crippen LogP contribution in [0.2, 0.25) is 0 Å². The average molecular weight is 282 g/mol. The van der Waals surface area contributed by atoms with E-state index in [2.05, 4.69) is 25.7 Å². The van der Waals surface area contributed by atoms with E-state index in [-0.39, 0.29) is 5.54 Å². The molecule has 0 radical (unpaired) electrons. The first-order chi connectivity index (χ1) is 9.55. The molecule has 2 saturated carbocycles. The van der Waals surface area contributed by atoms with Crippen LogP contribution in [0.4, 0.5) is 0 Å². The second-order valence-corrected chi connectivity index (χ2v) is 7.35. The molecule has 0 aromatic carbocycles. The Hall–Kier alpha value is -0.120. The lowest BCUT2D eigenvalue weighted by molar-refractivity contribution is -0.0418. The van der Waals surface area contributed by atoms with Crippen molar-refractivity contribution in [3.63, 3.8) is 0 Å². The summed E-state index contributed by atoms with van der Waals surface area (Å²) >= 11 is 0. The summed E-state index contributed by atoms with van der Waals surface area (Å²) in [6, 6.07) is 0.657. The quantitative estimate of drug-likeness (QED) is 0.780. The van der Waals surface area contributed by atoms with Crippen molar-refractivity contribution in [2.45, 2.75) is 64.5 Å². The van der Waals surface area contributed by atoms with Crippen LogP contribution in [0.5, 0.6) is 0 Å². The molecule has 0 saturated heterocycles. The van der Waals surface area contributed by atoms with Crippen LogP contribution in [0.1, 0.15) is 52.9 Å². The van der Waals surface area contributed by atoms with Gasteiger partial charge < -0.3 is 10.5 Å². The summed E-state index contributed by atoms with van der Waals surface area (Å²) < 4.78 is 5.38. The molecule has 3 nitrogen and oxygen atoms in total. The largest absolute Gasteiger partial charge is 0.383 e. The van der Waals surface area contributed by atoms with Crippen molar-refractivity contribution < 1.29 is 4.74 Å². The van der Waals surface area contributed by atoms with Gasteiger partial charge in [-0.1, -0.05) is 13.8 Å². The molecule has 2 aliphatic rings. The molecular formula is C17H34N2O. The van der Waals surface area contributed by atoms with Gasteiger partial charge in [0.2, 0.25) is 0 Å². The number of nitrogens with zero attached hydrogens (tertiary/aromatic N) is 1. The lowest BCUT2D eigenvalue weighted by Gasteiger charge is -2.54. The zero-order valence-corrected chi connectivity index (χ0v) is 13.9. The molecule has 2 rings (SSSR count). The smallest absolute Gasteiger partial charge is 0.0590 e. The van der Waals surface area contributed by atoms with Crippen molar-refractivity contribution >= 4 is 0 Å². The van der Waals surface area contributed by atoms with E-state index in [4.69, 9.17) is 10.5 Å². The van der Waals surface area contributed by atoms with Crippen LogP contribution in [0.15, 0.2) is 0 Å². The number of nitrogens with two attached hydrogens (primary N) is 1. The van der Waals surface area contributed by atoms with Gasteiger partial charge in [-0.15, -0.1) is 0 Å². The van der Waals surface area contributed by atoms with E-state index in [0.717, 1.165) is 31.5 Å². The summed E-state index contributed by atoms with van der Waals surface area (Å²) in [5.41, 5.74) is 6.52. The number of rotatable bonds is 7. The Kier molecular flexibility index (Phi) is 5.49. The fourth-order valence-electron chi connectivity index (χ4n) is 4.39. The molecule has 20 heavy (non-hydrogen) atoms. The van der Waals surface area contributed by atoms with Crippen molar-refractivity contribution in [1.82, 2.24) is 4.90 Å². The Morgan fingerprint density at radius 1 is 1.30 bits per heavy atom. The molecule has 0 aliphatic heterocycles. The summed E-state index contributed by atoms with van der Waals surface area (Å²) in [7, 11) is 1.81. The molecule has 0 bridgehead atoms. The predicted molar refractivity (Wildman–Crippen MR) is 84.7 cm³/mol. The van der Waals surface area contributed by atoms with Crippen LogP contribution >= 0.6 is 0 Å². The fourth-order valence-corrected chi connectivity index (χ4v) is 4.39. The van der Waals surface area contributed by atoms with Gasteiger partial charge in [-0.2, -0.15) is 0 Å². The Morgan fingerprint density at radius 2 is 2.00 bits per heavy atom. The van der Waals surface area contributed by atoms with E-state index in [1.54, 1.807) is 0 Å². The number of hydrogen-bond acceptors (Lipinski definition) is 3. The number of ether oxygens (including phenoxy) is 1. The van der Waals surface area contributed by atoms with E-state index in [1.165, 1.54) is 32.1 Å². The molecule has 0 heterocycles. The van der Waals surface area contributed by atoms with Gasteiger partial charge in [0, 0.05) is 31.8 Å². The van der Waals surface area contributed by atoms with Gasteiger partial charge in [0.15, 0.2) is 0 Å². The molecule has 2 fully saturated rings. The molecule has 0 amide bonds. The molecule has 118 valence electrons. The molecule has 2 aliphatic carbocycles. The SMILES string of the molecule is COCCN(C(C)C1CC1)C1(CN)CCC(C)CC1C. The van der Waals surface area contributed by atoms with Gasteiger partial charge in [0.1, 0.15) is 0 Å². The third-order valence-corrected chi connectivity index (χ3v) is 6.00. The van der Waals surface area contributed by atoms with E-state index < -0.39 is 0 Å². The molecule has 4 unspecified atom stereocenters. The van der Waals surface area contributed by atoms with Gasteiger partial charge in [-0.3, -0.25) is 4.90 Å². The lowest BCUT2D eigenvalue weighted by atomic mass is 9.68. The maximum Gasteiger partial charge on any atom is 0.0590 e. The first-order valence-electron chi connectivity index (χ1n) is 8.51. The van der Waals surface area contributed by atoms with Crippen LogP contribution in [0.25, 0.3) is 0 Å². The second-order valence-electron chi connectivity index (χ2n) is 7.35. The first-order valence-corrected chi connectivity index (χ1v) is 8.51. The monoisotopic (exact) mass is 282 g/mol. The van der Waals surface area contributed by atoms with Crippen molar-refractivity contribution in [2.24, 2.45) is 23.5 Å². The normalized spacial score (nSPS) is 36.3. The van der Waals surface area contributed by atoms with Crippen LogP contribution in [-0.4, -0.2) is 43.3 Å². The maximum atomic E-state index is 6.32. The summed E-state index contributed by atoms with van der Waals surface area (Å²) in [4.78, 5) is 2.73. The van der Waals surface area contributed by atoms with Crippen molar-refractivity contribution in [1.29, 1.82) is 0 Å². The van der Waals surface area contributed by atoms with E-state index in [1.807, 2.05) is 7.11 Å². The Balaban J connectivity index is 2.17. The van der Waals surface area contributed by atoms with E-state index in [0.29, 0.717) is 12.0 Å². The zero-order valence-electron chi connectivity index (χ0n) is 13.9. The third kappa shape index (κ3) is 3.20. The van der Waals surface area contributed by atoms with Gasteiger partial charge in [0.05, 0.1) is 6.61 Å². The minimum absolute atomic E-state index is 0.201. The minimum atomic E-state index is 0.201. The maximum absolute atomic E-state index is 6.32. The first kappa shape index (κ1) is 16.3. The highest BCUT2D eigenvalue weighted by molar-refractivity contribution is 5.03. The van der Waals surface area contributed by atoms with Crippen molar-refractivity contribution in [2.75, 3.05) is 26.8 Å². The summed E-state index contributed by atoms with van der Waals surface area (Å²) in [6.45, 7) is 9.87. The van der Waals surface area contributed by atoms with Gasteiger partial charge in [-0.25, -0.2) is 0 Å². The predicted octanol–water partition coefficient (Wildman–Crippen LogP) is 2.89. The Morgan fingerprint density at radius 3 is 2.50 bits per heavy atom. The van der Waals surface area contributed by atoms with E-state index >= 15 is 0 Å². The fraction of sp³-hybridized carbons (Fsp3) is 1.00. The Labute approximate surface area is 125 Å². The molecule has 4 atom stereocenters. The third-order valence-electron chi connectivity index (χ3n) is 6.00. The summed E-state index contributed by atoms with van der Waals surface area (Å²) in [5.74, 6) is 2.43. The van der Waals surface area contributed by atoms with Gasteiger partial charge in [0.25, 0.3) is 0 Å². The standard InChI is InChI=1S/C17H34N2O/c1-13-7-8-17(12-18,14(2)11-13)19(9-10-20-4)15(3)16-5-6-16/h13-16H,5-12,18H2,1-4H3. The zero-order chi connectivity index (χ0) is 14.8. The van der Waals surface area contributed by atoms with E-state index in [9.17, 15) is 0 Å².